The molecule has 1 unspecified atom stereocenters. The molecular formula is C41H24N6O3S. The van der Waals surface area contributed by atoms with Crippen molar-refractivity contribution in [3.63, 3.8) is 0 Å². The van der Waals surface area contributed by atoms with Crippen LogP contribution in [0.5, 0.6) is 5.75 Å². The lowest BCUT2D eigenvalue weighted by atomic mass is 9.84. The maximum atomic E-state index is 7.15. The summed E-state index contributed by atoms with van der Waals surface area (Å²) >= 11 is 1.59. The first kappa shape index (κ1) is 28.1. The molecule has 2 N–H and O–H groups in total. The van der Waals surface area contributed by atoms with Crippen LogP contribution in [0.2, 0.25) is 0 Å². The summed E-state index contributed by atoms with van der Waals surface area (Å²) in [5.41, 5.74) is 10.3. The molecule has 1 aliphatic rings. The van der Waals surface area contributed by atoms with E-state index in [0.29, 0.717) is 34.3 Å². The number of aromatic amines is 2. The van der Waals surface area contributed by atoms with E-state index in [9.17, 15) is 0 Å². The van der Waals surface area contributed by atoms with Crippen LogP contribution in [0, 0.1) is 0 Å². The van der Waals surface area contributed by atoms with Gasteiger partial charge in [-0.1, -0.05) is 53.7 Å². The van der Waals surface area contributed by atoms with E-state index in [1.54, 1.807) is 11.3 Å². The first-order valence-electron chi connectivity index (χ1n) is 16.5. The minimum absolute atomic E-state index is 0.426. The molecule has 0 bridgehead atoms. The van der Waals surface area contributed by atoms with Gasteiger partial charge in [0.1, 0.15) is 27.8 Å². The molecule has 10 heteroatoms. The van der Waals surface area contributed by atoms with Gasteiger partial charge in [0.25, 0.3) is 0 Å². The third kappa shape index (κ3) is 4.33. The number of oxazole rings is 1. The first-order chi connectivity index (χ1) is 25.3. The van der Waals surface area contributed by atoms with Gasteiger partial charge in [-0.3, -0.25) is 0 Å². The quantitative estimate of drug-likeness (QED) is 0.186. The molecule has 0 aliphatic carbocycles. The molecule has 11 rings (SSSR count). The molecule has 242 valence electrons. The van der Waals surface area contributed by atoms with Crippen molar-refractivity contribution in [2.75, 3.05) is 0 Å². The summed E-state index contributed by atoms with van der Waals surface area (Å²) in [6.07, 6.45) is 1.25. The number of hydrogen-bond donors (Lipinski definition) is 2. The lowest BCUT2D eigenvalue weighted by Gasteiger charge is -2.30. The largest absolute Gasteiger partial charge is 0.478 e. The van der Waals surface area contributed by atoms with Crippen molar-refractivity contribution in [3.05, 3.63) is 150 Å². The van der Waals surface area contributed by atoms with Crippen molar-refractivity contribution in [1.82, 2.24) is 30.1 Å². The molecule has 10 aromatic rings. The number of thiazole rings is 1. The van der Waals surface area contributed by atoms with Crippen LogP contribution in [0.4, 0.5) is 0 Å². The molecule has 0 radical (unpaired) electrons. The summed E-state index contributed by atoms with van der Waals surface area (Å²) in [6, 6.07) is 39.9. The summed E-state index contributed by atoms with van der Waals surface area (Å²) in [4.78, 5) is 22.4. The number of hydrogen-bond acceptors (Lipinski definition) is 8. The molecule has 5 aromatic heterocycles. The van der Waals surface area contributed by atoms with Gasteiger partial charge in [0.15, 0.2) is 17.3 Å². The van der Waals surface area contributed by atoms with Crippen LogP contribution >= 0.6 is 11.3 Å². The maximum absolute atomic E-state index is 7.15. The molecule has 5 aromatic carbocycles. The number of para-hydroxylation sites is 6. The average molecular weight is 681 g/mol. The van der Waals surface area contributed by atoms with Gasteiger partial charge in [-0.15, -0.1) is 11.3 Å². The Kier molecular flexibility index (Phi) is 5.98. The van der Waals surface area contributed by atoms with Crippen LogP contribution in [-0.2, 0) is 0 Å². The fourth-order valence-corrected chi connectivity index (χ4v) is 8.13. The molecule has 51 heavy (non-hydrogen) atoms. The zero-order valence-corrected chi connectivity index (χ0v) is 27.4. The molecule has 0 saturated heterocycles. The van der Waals surface area contributed by atoms with Crippen molar-refractivity contribution >= 4 is 65.8 Å². The monoisotopic (exact) mass is 680 g/mol. The minimum atomic E-state index is -0.673. The number of imidazole rings is 1. The highest BCUT2D eigenvalue weighted by Gasteiger charge is 2.40. The first-order valence-corrected chi connectivity index (χ1v) is 17.3. The van der Waals surface area contributed by atoms with Crippen LogP contribution in [0.3, 0.4) is 0 Å². The highest BCUT2D eigenvalue weighted by molar-refractivity contribution is 7.18. The fraction of sp³-hybridized carbons (Fsp3) is 0.0244. The van der Waals surface area contributed by atoms with Crippen LogP contribution in [-0.4, -0.2) is 30.1 Å². The van der Waals surface area contributed by atoms with Gasteiger partial charge < -0.3 is 23.6 Å². The van der Waals surface area contributed by atoms with E-state index in [0.717, 1.165) is 70.7 Å². The Bertz CT molecular complexity index is 2880. The zero-order valence-electron chi connectivity index (χ0n) is 26.6. The Morgan fingerprint density at radius 3 is 2.31 bits per heavy atom. The van der Waals surface area contributed by atoms with Gasteiger partial charge in [-0.25, -0.2) is 15.0 Å². The van der Waals surface area contributed by atoms with E-state index in [1.165, 1.54) is 0 Å². The molecule has 0 saturated carbocycles. The fourth-order valence-electron chi connectivity index (χ4n) is 7.12. The van der Waals surface area contributed by atoms with Gasteiger partial charge >= 0.3 is 0 Å². The number of fused-ring (bicyclic) bond motifs is 5. The van der Waals surface area contributed by atoms with E-state index >= 15 is 0 Å². The molecule has 9 nitrogen and oxygen atoms in total. The van der Waals surface area contributed by atoms with Gasteiger partial charge in [-0.2, -0.15) is 0 Å². The summed E-state index contributed by atoms with van der Waals surface area (Å²) in [7, 11) is 0. The number of aromatic nitrogens is 6. The van der Waals surface area contributed by atoms with E-state index in [1.807, 2.05) is 109 Å². The summed E-state index contributed by atoms with van der Waals surface area (Å²) in [5, 5.41) is 6.34. The second kappa shape index (κ2) is 10.9. The van der Waals surface area contributed by atoms with Crippen LogP contribution in [0.25, 0.3) is 77.1 Å². The summed E-state index contributed by atoms with van der Waals surface area (Å²) in [6.45, 7) is 0. The second-order valence-corrected chi connectivity index (χ2v) is 13.4. The van der Waals surface area contributed by atoms with Crippen LogP contribution in [0.1, 0.15) is 28.3 Å². The zero-order chi connectivity index (χ0) is 33.5. The third-order valence-electron chi connectivity index (χ3n) is 9.38. The van der Waals surface area contributed by atoms with Crippen molar-refractivity contribution in [2.45, 2.75) is 6.10 Å². The maximum Gasteiger partial charge on any atom is 0.228 e. The number of benzene rings is 5. The number of rotatable bonds is 5. The molecule has 1 aliphatic heterocycles. The third-order valence-corrected chi connectivity index (χ3v) is 10.5. The highest BCUT2D eigenvalue weighted by atomic mass is 32.1. The summed E-state index contributed by atoms with van der Waals surface area (Å²) < 4.78 is 20.9. The number of ether oxygens (including phenoxy) is 1. The lowest BCUT2D eigenvalue weighted by Crippen LogP contribution is -2.19. The van der Waals surface area contributed by atoms with Crippen LogP contribution < -0.4 is 4.74 Å². The Labute approximate surface area is 292 Å². The predicted octanol–water partition coefficient (Wildman–Crippen LogP) is 10.2. The Morgan fingerprint density at radius 2 is 1.47 bits per heavy atom. The van der Waals surface area contributed by atoms with Crippen molar-refractivity contribution in [2.24, 2.45) is 0 Å². The number of nitrogens with zero attached hydrogens (tertiary/aromatic N) is 4. The molecular weight excluding hydrogens is 657 g/mol. The van der Waals surface area contributed by atoms with Gasteiger partial charge in [-0.05, 0) is 72.8 Å². The van der Waals surface area contributed by atoms with Crippen LogP contribution in [0.15, 0.2) is 136 Å². The Morgan fingerprint density at radius 1 is 0.667 bits per heavy atom. The highest BCUT2D eigenvalue weighted by Crippen LogP contribution is 2.55. The average Bonchev–Trinajstić information content (AvgIpc) is 4.02. The predicted molar refractivity (Wildman–Crippen MR) is 198 cm³/mol. The molecule has 6 heterocycles. The Hall–Kier alpha value is -6.78. The smallest absolute Gasteiger partial charge is 0.228 e. The van der Waals surface area contributed by atoms with Crippen molar-refractivity contribution < 1.29 is 13.7 Å². The van der Waals surface area contributed by atoms with E-state index in [2.05, 4.69) is 28.2 Å². The topological polar surface area (TPSA) is 119 Å². The van der Waals surface area contributed by atoms with E-state index in [4.69, 9.17) is 33.8 Å². The lowest BCUT2D eigenvalue weighted by molar-refractivity contribution is 0.258. The van der Waals surface area contributed by atoms with Crippen molar-refractivity contribution in [1.29, 1.82) is 0 Å². The Balaban J connectivity index is 1.31. The van der Waals surface area contributed by atoms with Crippen molar-refractivity contribution in [3.8, 4) is 28.4 Å². The van der Waals surface area contributed by atoms with Gasteiger partial charge in [0.2, 0.25) is 5.89 Å². The SMILES string of the molecule is c1c[nH]c(-c2ccc3c(c2-c2nc4ccccc4[nH]2)C(c2nc4ccccc4o2)=C(c2noc4ccccc24)C(c2nc4ccccc4s2)O3)c1. The molecule has 0 amide bonds. The minimum Gasteiger partial charge on any atom is -0.478 e. The molecule has 1 atom stereocenters. The normalized spacial score (nSPS) is 14.5. The molecule has 0 spiro atoms. The second-order valence-electron chi connectivity index (χ2n) is 12.4. The summed E-state index contributed by atoms with van der Waals surface area (Å²) in [5.74, 6) is 1.74. The van der Waals surface area contributed by atoms with Gasteiger partial charge in [0, 0.05) is 39.5 Å². The molecule has 0 fully saturated rings. The van der Waals surface area contributed by atoms with Gasteiger partial charge in [0.05, 0.1) is 26.8 Å². The number of H-pyrrole nitrogens is 2. The standard InChI is InChI=1S/C41H24N6O3S/c1-6-16-29-23(10-1)37(47-50-29)36-35(40-45-27-13-4-7-17-30(27)49-40)34-31(48-38(36)41-46-28-14-5-8-18-32(28)51-41)20-19-22(24-15-9-21-42-24)33(34)39-43-25-11-2-3-12-26(25)44-39/h1-21,38,42H,(H,43,44). The number of nitrogens with one attached hydrogen (secondary N) is 2. The van der Waals surface area contributed by atoms with E-state index in [-0.39, 0.29) is 0 Å². The van der Waals surface area contributed by atoms with E-state index < -0.39 is 6.10 Å².